The molecule has 0 unspecified atom stereocenters. The second-order valence-corrected chi connectivity index (χ2v) is 10.8. The van der Waals surface area contributed by atoms with E-state index in [0.29, 0.717) is 0 Å². The van der Waals surface area contributed by atoms with Crippen molar-refractivity contribution in [2.24, 2.45) is 0 Å². The minimum atomic E-state index is 1.17. The molecule has 2 heterocycles. The van der Waals surface area contributed by atoms with Crippen LogP contribution in [0.2, 0.25) is 0 Å². The van der Waals surface area contributed by atoms with E-state index < -0.39 is 0 Å². The second-order valence-electron chi connectivity index (χ2n) is 10.8. The predicted octanol–water partition coefficient (Wildman–Crippen LogP) is 11.4. The summed E-state index contributed by atoms with van der Waals surface area (Å²) in [7, 11) is 0. The van der Waals surface area contributed by atoms with E-state index in [-0.39, 0.29) is 0 Å². The van der Waals surface area contributed by atoms with Crippen LogP contribution in [0.4, 0.5) is 0 Å². The molecule has 2 nitrogen and oxygen atoms in total. The van der Waals surface area contributed by atoms with Gasteiger partial charge in [0.25, 0.3) is 0 Å². The Bertz CT molecular complexity index is 1880. The minimum absolute atomic E-state index is 1.17. The molecule has 42 heavy (non-hydrogen) atoms. The standard InChI is InChI=1S/C36H24N2.C4H10/c1-5-13-33-29(9-1)30-10-2-6-14-34(30)37(33)27-21-17-25(18-22-27)26-19-23-28(24-20-26)38-35-15-7-3-11-31(35)32-12-4-8-16-36(32)38;1-3-4-2/h1-24H;3-4H2,1-2H3. The van der Waals surface area contributed by atoms with Gasteiger partial charge in [-0.2, -0.15) is 0 Å². The van der Waals surface area contributed by atoms with Gasteiger partial charge in [0, 0.05) is 32.9 Å². The first kappa shape index (κ1) is 25.9. The molecule has 0 aliphatic rings. The summed E-state index contributed by atoms with van der Waals surface area (Å²) in [4.78, 5) is 0. The van der Waals surface area contributed by atoms with Crippen molar-refractivity contribution in [2.45, 2.75) is 26.7 Å². The Morgan fingerprint density at radius 3 is 0.857 bits per heavy atom. The smallest absolute Gasteiger partial charge is 0.0541 e. The molecular weight excluding hydrogens is 508 g/mol. The number of benzene rings is 6. The number of aromatic nitrogens is 2. The zero-order chi connectivity index (χ0) is 28.5. The van der Waals surface area contributed by atoms with Crippen molar-refractivity contribution in [1.82, 2.24) is 9.13 Å². The van der Waals surface area contributed by atoms with Crippen LogP contribution in [0.1, 0.15) is 26.7 Å². The number of hydrogen-bond acceptors (Lipinski definition) is 0. The largest absolute Gasteiger partial charge is 0.309 e. The summed E-state index contributed by atoms with van der Waals surface area (Å²) in [6.07, 6.45) is 2.64. The Morgan fingerprint density at radius 2 is 0.595 bits per heavy atom. The minimum Gasteiger partial charge on any atom is -0.309 e. The molecule has 0 radical (unpaired) electrons. The molecule has 0 N–H and O–H groups in total. The van der Waals surface area contributed by atoms with E-state index in [9.17, 15) is 0 Å². The van der Waals surface area contributed by atoms with Crippen molar-refractivity contribution in [1.29, 1.82) is 0 Å². The van der Waals surface area contributed by atoms with Crippen LogP contribution in [0.25, 0.3) is 66.1 Å². The molecule has 0 aliphatic heterocycles. The van der Waals surface area contributed by atoms with Crippen molar-refractivity contribution >= 4 is 43.6 Å². The average molecular weight is 543 g/mol. The Kier molecular flexibility index (Phi) is 6.81. The van der Waals surface area contributed by atoms with Crippen molar-refractivity contribution in [3.8, 4) is 22.5 Å². The van der Waals surface area contributed by atoms with Gasteiger partial charge < -0.3 is 9.13 Å². The Labute approximate surface area is 247 Å². The highest BCUT2D eigenvalue weighted by molar-refractivity contribution is 6.10. The van der Waals surface area contributed by atoms with Crippen molar-refractivity contribution in [2.75, 3.05) is 0 Å². The molecule has 0 bridgehead atoms. The van der Waals surface area contributed by atoms with Crippen LogP contribution in [0.5, 0.6) is 0 Å². The molecular formula is C40H34N2. The predicted molar refractivity (Wildman–Crippen MR) is 181 cm³/mol. The molecule has 0 spiro atoms. The van der Waals surface area contributed by atoms with Gasteiger partial charge in [-0.25, -0.2) is 0 Å². The summed E-state index contributed by atoms with van der Waals surface area (Å²) in [6, 6.07) is 52.4. The van der Waals surface area contributed by atoms with Crippen molar-refractivity contribution < 1.29 is 0 Å². The number of fused-ring (bicyclic) bond motifs is 6. The van der Waals surface area contributed by atoms with Crippen LogP contribution < -0.4 is 0 Å². The topological polar surface area (TPSA) is 9.86 Å². The Hall–Kier alpha value is -5.08. The third kappa shape index (κ3) is 4.37. The molecule has 0 saturated carbocycles. The van der Waals surface area contributed by atoms with Gasteiger partial charge in [0.2, 0.25) is 0 Å². The summed E-state index contributed by atoms with van der Waals surface area (Å²) in [5, 5.41) is 5.14. The second kappa shape index (κ2) is 11.1. The molecule has 0 fully saturated rings. The van der Waals surface area contributed by atoms with Gasteiger partial charge in [-0.3, -0.25) is 0 Å². The lowest BCUT2D eigenvalue weighted by Crippen LogP contribution is -1.94. The number of hydrogen-bond donors (Lipinski definition) is 0. The number of para-hydroxylation sites is 4. The summed E-state index contributed by atoms with van der Waals surface area (Å²) >= 11 is 0. The van der Waals surface area contributed by atoms with E-state index in [1.807, 2.05) is 0 Å². The summed E-state index contributed by atoms with van der Waals surface area (Å²) in [5.41, 5.74) is 9.70. The van der Waals surface area contributed by atoms with Gasteiger partial charge in [-0.1, -0.05) is 124 Å². The highest BCUT2D eigenvalue weighted by Crippen LogP contribution is 2.34. The number of unbranched alkanes of at least 4 members (excludes halogenated alkanes) is 1. The van der Waals surface area contributed by atoms with E-state index in [1.54, 1.807) is 0 Å². The van der Waals surface area contributed by atoms with Crippen molar-refractivity contribution in [3.63, 3.8) is 0 Å². The highest BCUT2D eigenvalue weighted by atomic mass is 15.0. The van der Waals surface area contributed by atoms with Crippen LogP contribution in [0, 0.1) is 0 Å². The van der Waals surface area contributed by atoms with Crippen LogP contribution >= 0.6 is 0 Å². The molecule has 6 aromatic carbocycles. The van der Waals surface area contributed by atoms with Gasteiger partial charge in [-0.05, 0) is 59.7 Å². The Morgan fingerprint density at radius 1 is 0.333 bits per heavy atom. The maximum absolute atomic E-state index is 2.36. The quantitative estimate of drug-likeness (QED) is 0.209. The maximum Gasteiger partial charge on any atom is 0.0541 e. The van der Waals surface area contributed by atoms with Crippen molar-refractivity contribution in [3.05, 3.63) is 146 Å². The first-order valence-electron chi connectivity index (χ1n) is 15.0. The van der Waals surface area contributed by atoms with Crippen LogP contribution in [-0.2, 0) is 0 Å². The normalized spacial score (nSPS) is 11.3. The monoisotopic (exact) mass is 542 g/mol. The SMILES string of the molecule is CCCC.c1ccc2c(c1)c1ccccc1n2-c1ccc(-c2ccc(-n3c4ccccc4c4ccccc43)cc2)cc1. The van der Waals surface area contributed by atoms with Gasteiger partial charge in [0.1, 0.15) is 0 Å². The van der Waals surface area contributed by atoms with E-state index >= 15 is 0 Å². The average Bonchev–Trinajstić information content (AvgIpc) is 3.58. The lowest BCUT2D eigenvalue weighted by Gasteiger charge is -2.11. The highest BCUT2D eigenvalue weighted by Gasteiger charge is 2.13. The van der Waals surface area contributed by atoms with E-state index in [4.69, 9.17) is 0 Å². The van der Waals surface area contributed by atoms with Gasteiger partial charge in [0.05, 0.1) is 22.1 Å². The fraction of sp³-hybridized carbons (Fsp3) is 0.100. The molecule has 2 heteroatoms. The lowest BCUT2D eigenvalue weighted by atomic mass is 10.0. The third-order valence-corrected chi connectivity index (χ3v) is 8.24. The van der Waals surface area contributed by atoms with Gasteiger partial charge >= 0.3 is 0 Å². The molecule has 204 valence electrons. The van der Waals surface area contributed by atoms with E-state index in [2.05, 4.69) is 169 Å². The zero-order valence-electron chi connectivity index (χ0n) is 24.2. The first-order chi connectivity index (χ1) is 20.8. The summed E-state index contributed by atoms with van der Waals surface area (Å²) < 4.78 is 4.72. The zero-order valence-corrected chi connectivity index (χ0v) is 24.2. The van der Waals surface area contributed by atoms with Crippen LogP contribution in [0.15, 0.2) is 146 Å². The molecule has 0 saturated heterocycles. The molecule has 0 amide bonds. The maximum atomic E-state index is 2.36. The molecule has 8 rings (SSSR count). The van der Waals surface area contributed by atoms with Crippen LogP contribution in [0.3, 0.4) is 0 Å². The van der Waals surface area contributed by atoms with Gasteiger partial charge in [-0.15, -0.1) is 0 Å². The first-order valence-corrected chi connectivity index (χ1v) is 15.0. The fourth-order valence-electron chi connectivity index (χ4n) is 6.01. The molecule has 8 aromatic rings. The number of nitrogens with zero attached hydrogens (tertiary/aromatic N) is 2. The van der Waals surface area contributed by atoms with Gasteiger partial charge in [0.15, 0.2) is 0 Å². The molecule has 0 atom stereocenters. The third-order valence-electron chi connectivity index (χ3n) is 8.24. The summed E-state index contributed by atoms with van der Waals surface area (Å²) in [6.45, 7) is 4.36. The van der Waals surface area contributed by atoms with Crippen LogP contribution in [-0.4, -0.2) is 9.13 Å². The van der Waals surface area contributed by atoms with E-state index in [1.165, 1.54) is 79.0 Å². The summed E-state index contributed by atoms with van der Waals surface area (Å²) in [5.74, 6) is 0. The molecule has 2 aromatic heterocycles. The molecule has 0 aliphatic carbocycles. The lowest BCUT2D eigenvalue weighted by molar-refractivity contribution is 0.886. The number of rotatable bonds is 4. The Balaban J connectivity index is 0.000000680. The van der Waals surface area contributed by atoms with E-state index in [0.717, 1.165) is 0 Å². The fourth-order valence-corrected chi connectivity index (χ4v) is 6.01.